The molecule has 1 atom stereocenters. The van der Waals surface area contributed by atoms with Gasteiger partial charge in [-0.2, -0.15) is 0 Å². The number of carbonyl (C=O) groups excluding carboxylic acids is 2. The molecule has 1 unspecified atom stereocenters. The number of primary amides is 1. The molecule has 0 saturated carbocycles. The van der Waals surface area contributed by atoms with Gasteiger partial charge < -0.3 is 15.4 Å². The predicted molar refractivity (Wildman–Crippen MR) is 91.3 cm³/mol. The maximum absolute atomic E-state index is 13.0. The van der Waals surface area contributed by atoms with Gasteiger partial charge in [0.1, 0.15) is 6.04 Å². The molecule has 6 heteroatoms. The third-order valence-corrected chi connectivity index (χ3v) is 6.10. The van der Waals surface area contributed by atoms with Crippen LogP contribution in [0.15, 0.2) is 0 Å². The van der Waals surface area contributed by atoms with Crippen LogP contribution in [0.5, 0.6) is 0 Å². The summed E-state index contributed by atoms with van der Waals surface area (Å²) < 4.78 is 5.49. The average molecular weight is 337 g/mol. The Morgan fingerprint density at radius 2 is 1.62 bits per heavy atom. The molecular weight excluding hydrogens is 306 g/mol. The summed E-state index contributed by atoms with van der Waals surface area (Å²) in [5.41, 5.74) is 5.60. The average Bonchev–Trinajstić information content (AvgIpc) is 2.83. The molecule has 3 saturated heterocycles. The standard InChI is InChI=1S/C18H31N3O3/c19-17(23)16-18(7-12-24-13-8-18)6-5-11-21(16)15(22)14-20-9-3-1-2-4-10-20/h16H,1-14H2,(H2,19,23). The van der Waals surface area contributed by atoms with Gasteiger partial charge in [0.15, 0.2) is 0 Å². The van der Waals surface area contributed by atoms with Crippen LogP contribution in [0.3, 0.4) is 0 Å². The maximum atomic E-state index is 13.0. The van der Waals surface area contributed by atoms with Gasteiger partial charge in [-0.05, 0) is 51.6 Å². The Bertz CT molecular complexity index is 449. The van der Waals surface area contributed by atoms with Crippen LogP contribution >= 0.6 is 0 Å². The second-order valence-corrected chi connectivity index (χ2v) is 7.66. The molecule has 0 radical (unpaired) electrons. The molecule has 136 valence electrons. The van der Waals surface area contributed by atoms with Crippen LogP contribution in [0, 0.1) is 5.41 Å². The summed E-state index contributed by atoms with van der Waals surface area (Å²) in [4.78, 5) is 29.3. The Balaban J connectivity index is 1.72. The van der Waals surface area contributed by atoms with Crippen molar-refractivity contribution in [1.82, 2.24) is 9.80 Å². The van der Waals surface area contributed by atoms with Gasteiger partial charge in [0.25, 0.3) is 0 Å². The number of amides is 2. The van der Waals surface area contributed by atoms with Crippen molar-refractivity contribution in [3.63, 3.8) is 0 Å². The van der Waals surface area contributed by atoms with Gasteiger partial charge in [0, 0.05) is 25.2 Å². The Morgan fingerprint density at radius 1 is 0.958 bits per heavy atom. The first kappa shape index (κ1) is 17.7. The molecule has 6 nitrogen and oxygen atoms in total. The molecule has 3 heterocycles. The highest BCUT2D eigenvalue weighted by molar-refractivity contribution is 5.88. The van der Waals surface area contributed by atoms with Crippen LogP contribution in [0.2, 0.25) is 0 Å². The van der Waals surface area contributed by atoms with E-state index in [9.17, 15) is 9.59 Å². The smallest absolute Gasteiger partial charge is 0.240 e. The molecule has 24 heavy (non-hydrogen) atoms. The molecule has 0 aromatic carbocycles. The lowest BCUT2D eigenvalue weighted by Crippen LogP contribution is -2.62. The first-order valence-corrected chi connectivity index (χ1v) is 9.51. The van der Waals surface area contributed by atoms with Crippen LogP contribution in [0.4, 0.5) is 0 Å². The van der Waals surface area contributed by atoms with E-state index in [0.29, 0.717) is 26.3 Å². The molecule has 0 aromatic rings. The first-order valence-electron chi connectivity index (χ1n) is 9.51. The van der Waals surface area contributed by atoms with Crippen LogP contribution in [-0.2, 0) is 14.3 Å². The molecule has 3 aliphatic rings. The fourth-order valence-corrected chi connectivity index (χ4v) is 4.80. The van der Waals surface area contributed by atoms with Crippen LogP contribution in [-0.4, -0.2) is 67.0 Å². The fraction of sp³-hybridized carbons (Fsp3) is 0.889. The quantitative estimate of drug-likeness (QED) is 0.838. The molecule has 2 amide bonds. The maximum Gasteiger partial charge on any atom is 0.240 e. The zero-order chi connectivity index (χ0) is 17.0. The molecule has 1 spiro atoms. The van der Waals surface area contributed by atoms with E-state index in [4.69, 9.17) is 10.5 Å². The zero-order valence-electron chi connectivity index (χ0n) is 14.7. The van der Waals surface area contributed by atoms with Crippen LogP contribution in [0.1, 0.15) is 51.4 Å². The van der Waals surface area contributed by atoms with Crippen molar-refractivity contribution >= 4 is 11.8 Å². The van der Waals surface area contributed by atoms with Gasteiger partial charge in [0.2, 0.25) is 11.8 Å². The highest BCUT2D eigenvalue weighted by Crippen LogP contribution is 2.44. The number of hydrogen-bond donors (Lipinski definition) is 1. The number of piperidine rings is 1. The van der Waals surface area contributed by atoms with Crippen molar-refractivity contribution in [3.8, 4) is 0 Å². The van der Waals surface area contributed by atoms with Gasteiger partial charge in [-0.1, -0.05) is 12.8 Å². The highest BCUT2D eigenvalue weighted by atomic mass is 16.5. The van der Waals surface area contributed by atoms with Gasteiger partial charge in [0.05, 0.1) is 6.54 Å². The van der Waals surface area contributed by atoms with Crippen molar-refractivity contribution in [2.24, 2.45) is 11.1 Å². The number of hydrogen-bond acceptors (Lipinski definition) is 4. The molecule has 3 aliphatic heterocycles. The first-order chi connectivity index (χ1) is 11.6. The third kappa shape index (κ3) is 3.75. The van der Waals surface area contributed by atoms with Crippen molar-refractivity contribution < 1.29 is 14.3 Å². The number of likely N-dealkylation sites (tertiary alicyclic amines) is 2. The topological polar surface area (TPSA) is 75.9 Å². The second-order valence-electron chi connectivity index (χ2n) is 7.66. The summed E-state index contributed by atoms with van der Waals surface area (Å²) in [7, 11) is 0. The minimum atomic E-state index is -0.463. The summed E-state index contributed by atoms with van der Waals surface area (Å²) in [5, 5.41) is 0. The van der Waals surface area contributed by atoms with Crippen LogP contribution in [0.25, 0.3) is 0 Å². The molecule has 0 aromatic heterocycles. The Hall–Kier alpha value is -1.14. The third-order valence-electron chi connectivity index (χ3n) is 6.10. The summed E-state index contributed by atoms with van der Waals surface area (Å²) in [6.45, 7) is 4.38. The van der Waals surface area contributed by atoms with Crippen molar-refractivity contribution in [2.45, 2.75) is 57.4 Å². The molecule has 2 N–H and O–H groups in total. The predicted octanol–water partition coefficient (Wildman–Crippen LogP) is 1.14. The number of carbonyl (C=O) groups is 2. The minimum Gasteiger partial charge on any atom is -0.381 e. The second kappa shape index (κ2) is 7.83. The highest BCUT2D eigenvalue weighted by Gasteiger charge is 2.49. The van der Waals surface area contributed by atoms with E-state index in [1.165, 1.54) is 12.8 Å². The van der Waals surface area contributed by atoms with E-state index >= 15 is 0 Å². The zero-order valence-corrected chi connectivity index (χ0v) is 14.7. The lowest BCUT2D eigenvalue weighted by atomic mass is 9.67. The molecule has 0 aliphatic carbocycles. The lowest BCUT2D eigenvalue weighted by Gasteiger charge is -2.50. The number of nitrogens with zero attached hydrogens (tertiary/aromatic N) is 2. The minimum absolute atomic E-state index is 0.0752. The van der Waals surface area contributed by atoms with Crippen molar-refractivity contribution in [1.29, 1.82) is 0 Å². The van der Waals surface area contributed by atoms with E-state index in [-0.39, 0.29) is 17.2 Å². The van der Waals surface area contributed by atoms with Gasteiger partial charge in [-0.25, -0.2) is 0 Å². The van der Waals surface area contributed by atoms with E-state index in [1.807, 2.05) is 0 Å². The van der Waals surface area contributed by atoms with E-state index in [0.717, 1.165) is 51.6 Å². The fourth-order valence-electron chi connectivity index (χ4n) is 4.80. The van der Waals surface area contributed by atoms with E-state index < -0.39 is 6.04 Å². The number of nitrogens with two attached hydrogens (primary N) is 1. The Kier molecular flexibility index (Phi) is 5.76. The van der Waals surface area contributed by atoms with E-state index in [2.05, 4.69) is 4.90 Å². The van der Waals surface area contributed by atoms with Crippen LogP contribution < -0.4 is 5.73 Å². The summed E-state index contributed by atoms with van der Waals surface area (Å²) >= 11 is 0. The Morgan fingerprint density at radius 3 is 2.25 bits per heavy atom. The number of ether oxygens (including phenoxy) is 1. The van der Waals surface area contributed by atoms with Gasteiger partial charge >= 0.3 is 0 Å². The van der Waals surface area contributed by atoms with Crippen molar-refractivity contribution in [2.75, 3.05) is 39.4 Å². The summed E-state index contributed by atoms with van der Waals surface area (Å²) in [6, 6.07) is -0.463. The molecule has 0 bridgehead atoms. The SMILES string of the molecule is NC(=O)C1N(C(=O)CN2CCCCCC2)CCCC12CCOCC2. The largest absolute Gasteiger partial charge is 0.381 e. The van der Waals surface area contributed by atoms with Gasteiger partial charge in [-0.3, -0.25) is 14.5 Å². The van der Waals surface area contributed by atoms with Gasteiger partial charge in [-0.15, -0.1) is 0 Å². The normalized spacial score (nSPS) is 28.5. The number of rotatable bonds is 3. The summed E-state index contributed by atoms with van der Waals surface area (Å²) in [6.07, 6.45) is 8.40. The monoisotopic (exact) mass is 337 g/mol. The molecular formula is C18H31N3O3. The molecule has 3 rings (SSSR count). The van der Waals surface area contributed by atoms with Crippen molar-refractivity contribution in [3.05, 3.63) is 0 Å². The molecule has 3 fully saturated rings. The van der Waals surface area contributed by atoms with E-state index in [1.54, 1.807) is 4.90 Å². The summed E-state index contributed by atoms with van der Waals surface area (Å²) in [5.74, 6) is -0.271. The Labute approximate surface area is 144 Å². The lowest BCUT2D eigenvalue weighted by molar-refractivity contribution is -0.154.